The number of rotatable bonds is 13. The maximum atomic E-state index is 12.7. The molecule has 1 heterocycles. The fraction of sp³-hybridized carbons (Fsp3) is 0.375. The second kappa shape index (κ2) is 13.3. The number of aliphatic hydroxyl groups is 1. The second-order valence-electron chi connectivity index (χ2n) is 10.1. The van der Waals surface area contributed by atoms with Gasteiger partial charge in [-0.3, -0.25) is 9.59 Å². The van der Waals surface area contributed by atoms with Crippen molar-refractivity contribution in [3.05, 3.63) is 90.0 Å². The number of phenols is 1. The molecular formula is C32H37NO4. The Morgan fingerprint density at radius 3 is 2.11 bits per heavy atom. The molecule has 0 amide bonds. The van der Waals surface area contributed by atoms with Gasteiger partial charge < -0.3 is 15.1 Å². The van der Waals surface area contributed by atoms with Crippen LogP contribution in [0.25, 0.3) is 11.1 Å². The SMILES string of the molecule is O=C(CCCC(=O)c1ccc(O)cc1)CC[C@H](CN1CCCC1)[C@H](O)c1ccc(-c2ccccc2)cc1. The predicted molar refractivity (Wildman–Crippen MR) is 147 cm³/mol. The molecular weight excluding hydrogens is 462 g/mol. The molecule has 4 rings (SSSR count). The lowest BCUT2D eigenvalue weighted by Crippen LogP contribution is -2.30. The molecule has 0 aliphatic carbocycles. The Kier molecular flexibility index (Phi) is 9.64. The standard InChI is InChI=1S/C32H37NO4/c34-29(9-6-10-31(36)26-15-18-30(35)19-16-26)20-17-28(23-33-21-4-5-22-33)32(37)27-13-11-25(12-14-27)24-7-2-1-3-8-24/h1-3,7-8,11-16,18-19,28,32,35,37H,4-6,9-10,17,20-23H2/t28-,32-/m1/s1. The summed E-state index contributed by atoms with van der Waals surface area (Å²) in [6.07, 6.45) is 3.96. The van der Waals surface area contributed by atoms with Crippen LogP contribution in [-0.4, -0.2) is 46.3 Å². The van der Waals surface area contributed by atoms with E-state index in [2.05, 4.69) is 29.2 Å². The number of aliphatic hydroxyl groups excluding tert-OH is 1. The molecule has 194 valence electrons. The monoisotopic (exact) mass is 499 g/mol. The average Bonchev–Trinajstić information content (AvgIpc) is 3.45. The normalized spacial score (nSPS) is 15.4. The lowest BCUT2D eigenvalue weighted by atomic mass is 9.89. The van der Waals surface area contributed by atoms with Gasteiger partial charge in [0.1, 0.15) is 11.5 Å². The van der Waals surface area contributed by atoms with Crippen LogP contribution >= 0.6 is 0 Å². The van der Waals surface area contributed by atoms with Gasteiger partial charge in [-0.2, -0.15) is 0 Å². The van der Waals surface area contributed by atoms with Crippen LogP contribution in [0.15, 0.2) is 78.9 Å². The largest absolute Gasteiger partial charge is 0.508 e. The quantitative estimate of drug-likeness (QED) is 0.274. The van der Waals surface area contributed by atoms with Gasteiger partial charge in [0, 0.05) is 37.3 Å². The molecule has 3 aromatic rings. The van der Waals surface area contributed by atoms with Gasteiger partial charge in [0.25, 0.3) is 0 Å². The first-order chi connectivity index (χ1) is 18.0. The molecule has 1 saturated heterocycles. The molecule has 2 atom stereocenters. The summed E-state index contributed by atoms with van der Waals surface area (Å²) in [6.45, 7) is 2.88. The van der Waals surface area contributed by atoms with Crippen molar-refractivity contribution in [2.24, 2.45) is 5.92 Å². The number of carbonyl (C=O) groups excluding carboxylic acids is 2. The van der Waals surface area contributed by atoms with E-state index in [1.807, 2.05) is 30.3 Å². The number of likely N-dealkylation sites (tertiary alicyclic amines) is 1. The maximum absolute atomic E-state index is 12.7. The minimum Gasteiger partial charge on any atom is -0.508 e. The third-order valence-corrected chi connectivity index (χ3v) is 7.34. The topological polar surface area (TPSA) is 77.8 Å². The first kappa shape index (κ1) is 26.8. The zero-order valence-corrected chi connectivity index (χ0v) is 21.4. The number of ketones is 2. The van der Waals surface area contributed by atoms with Crippen LogP contribution in [0.3, 0.4) is 0 Å². The molecule has 37 heavy (non-hydrogen) atoms. The van der Waals surface area contributed by atoms with E-state index in [-0.39, 0.29) is 23.2 Å². The highest BCUT2D eigenvalue weighted by Gasteiger charge is 2.26. The van der Waals surface area contributed by atoms with E-state index in [9.17, 15) is 19.8 Å². The van der Waals surface area contributed by atoms with E-state index >= 15 is 0 Å². The van der Waals surface area contributed by atoms with Gasteiger partial charge in [0.2, 0.25) is 0 Å². The Morgan fingerprint density at radius 2 is 1.43 bits per heavy atom. The molecule has 0 unspecified atom stereocenters. The highest BCUT2D eigenvalue weighted by Crippen LogP contribution is 2.30. The summed E-state index contributed by atoms with van der Waals surface area (Å²) in [5, 5.41) is 20.7. The van der Waals surface area contributed by atoms with Crippen molar-refractivity contribution in [2.75, 3.05) is 19.6 Å². The molecule has 3 aromatic carbocycles. The van der Waals surface area contributed by atoms with E-state index in [0.29, 0.717) is 37.7 Å². The first-order valence-electron chi connectivity index (χ1n) is 13.4. The first-order valence-corrected chi connectivity index (χ1v) is 13.4. The Morgan fingerprint density at radius 1 is 0.784 bits per heavy atom. The lowest BCUT2D eigenvalue weighted by Gasteiger charge is -2.28. The highest BCUT2D eigenvalue weighted by molar-refractivity contribution is 5.96. The number of hydrogen-bond acceptors (Lipinski definition) is 5. The predicted octanol–water partition coefficient (Wildman–Crippen LogP) is 6.21. The van der Waals surface area contributed by atoms with Gasteiger partial charge in [-0.15, -0.1) is 0 Å². The van der Waals surface area contributed by atoms with Crippen molar-refractivity contribution in [2.45, 2.75) is 51.0 Å². The molecule has 0 aromatic heterocycles. The summed E-state index contributed by atoms with van der Waals surface area (Å²) in [5.41, 5.74) is 3.70. The molecule has 1 fully saturated rings. The Balaban J connectivity index is 1.31. The van der Waals surface area contributed by atoms with Gasteiger partial charge >= 0.3 is 0 Å². The number of Topliss-reactive ketones (excluding diaryl/α,β-unsaturated/α-hetero) is 2. The van der Waals surface area contributed by atoms with Crippen LogP contribution in [-0.2, 0) is 4.79 Å². The van der Waals surface area contributed by atoms with Gasteiger partial charge in [-0.1, -0.05) is 54.6 Å². The van der Waals surface area contributed by atoms with Crippen LogP contribution in [0, 0.1) is 5.92 Å². The van der Waals surface area contributed by atoms with Crippen LogP contribution in [0.4, 0.5) is 0 Å². The summed E-state index contributed by atoms with van der Waals surface area (Å²) in [7, 11) is 0. The molecule has 2 N–H and O–H groups in total. The lowest BCUT2D eigenvalue weighted by molar-refractivity contribution is -0.119. The average molecular weight is 500 g/mol. The number of aromatic hydroxyl groups is 1. The zero-order chi connectivity index (χ0) is 26.0. The molecule has 5 heteroatoms. The Hall–Kier alpha value is -3.28. The molecule has 1 aliphatic heterocycles. The summed E-state index contributed by atoms with van der Waals surface area (Å²) in [5.74, 6) is 0.221. The van der Waals surface area contributed by atoms with Gasteiger partial charge in [-0.05, 0) is 79.7 Å². The van der Waals surface area contributed by atoms with Crippen molar-refractivity contribution in [3.8, 4) is 16.9 Å². The van der Waals surface area contributed by atoms with E-state index in [0.717, 1.165) is 36.3 Å². The molecule has 0 bridgehead atoms. The van der Waals surface area contributed by atoms with Crippen LogP contribution in [0.2, 0.25) is 0 Å². The number of benzene rings is 3. The molecule has 0 radical (unpaired) electrons. The molecule has 0 spiro atoms. The summed E-state index contributed by atoms with van der Waals surface area (Å²) < 4.78 is 0. The van der Waals surface area contributed by atoms with Crippen molar-refractivity contribution in [3.63, 3.8) is 0 Å². The Bertz CT molecular complexity index is 1140. The fourth-order valence-electron chi connectivity index (χ4n) is 5.13. The second-order valence-corrected chi connectivity index (χ2v) is 10.1. The van der Waals surface area contributed by atoms with Crippen LogP contribution in [0.1, 0.15) is 67.0 Å². The van der Waals surface area contributed by atoms with E-state index < -0.39 is 6.10 Å². The number of hydrogen-bond donors (Lipinski definition) is 2. The van der Waals surface area contributed by atoms with E-state index in [4.69, 9.17) is 0 Å². The third-order valence-electron chi connectivity index (χ3n) is 7.34. The van der Waals surface area contributed by atoms with E-state index in [1.165, 1.54) is 25.0 Å². The third kappa shape index (κ3) is 7.85. The van der Waals surface area contributed by atoms with Gasteiger partial charge in [0.05, 0.1) is 6.10 Å². The van der Waals surface area contributed by atoms with E-state index in [1.54, 1.807) is 12.1 Å². The summed E-state index contributed by atoms with van der Waals surface area (Å²) in [6, 6.07) is 24.5. The minimum atomic E-state index is -0.630. The van der Waals surface area contributed by atoms with Gasteiger partial charge in [-0.25, -0.2) is 0 Å². The van der Waals surface area contributed by atoms with Crippen molar-refractivity contribution >= 4 is 11.6 Å². The number of carbonyl (C=O) groups is 2. The zero-order valence-electron chi connectivity index (χ0n) is 21.4. The summed E-state index contributed by atoms with van der Waals surface area (Å²) >= 11 is 0. The highest BCUT2D eigenvalue weighted by atomic mass is 16.3. The van der Waals surface area contributed by atoms with Crippen LogP contribution in [0.5, 0.6) is 5.75 Å². The fourth-order valence-corrected chi connectivity index (χ4v) is 5.13. The molecule has 5 nitrogen and oxygen atoms in total. The van der Waals surface area contributed by atoms with Crippen molar-refractivity contribution < 1.29 is 19.8 Å². The smallest absolute Gasteiger partial charge is 0.162 e. The maximum Gasteiger partial charge on any atom is 0.162 e. The van der Waals surface area contributed by atoms with Crippen LogP contribution < -0.4 is 0 Å². The van der Waals surface area contributed by atoms with Crippen molar-refractivity contribution in [1.29, 1.82) is 0 Å². The van der Waals surface area contributed by atoms with Crippen molar-refractivity contribution in [1.82, 2.24) is 4.90 Å². The summed E-state index contributed by atoms with van der Waals surface area (Å²) in [4.78, 5) is 27.4. The number of nitrogens with zero attached hydrogens (tertiary/aromatic N) is 1. The Labute approximate surface area is 219 Å². The number of phenolic OH excluding ortho intramolecular Hbond substituents is 1. The molecule has 0 saturated carbocycles. The van der Waals surface area contributed by atoms with Gasteiger partial charge in [0.15, 0.2) is 5.78 Å². The molecule has 1 aliphatic rings. The minimum absolute atomic E-state index is 0.0194.